The fourth-order valence-electron chi connectivity index (χ4n) is 3.35. The summed E-state index contributed by atoms with van der Waals surface area (Å²) in [6.07, 6.45) is 2.37. The van der Waals surface area contributed by atoms with Crippen LogP contribution >= 0.6 is 0 Å². The molecule has 1 aromatic heterocycles. The molecule has 0 saturated carbocycles. The van der Waals surface area contributed by atoms with E-state index in [1.165, 1.54) is 0 Å². The molecule has 7 heteroatoms. The third kappa shape index (κ3) is 6.99. The zero-order valence-electron chi connectivity index (χ0n) is 18.5. The molecule has 2 N–H and O–H groups in total. The molecular formula is C25H29N3O4. The monoisotopic (exact) mass is 435 g/mol. The van der Waals surface area contributed by atoms with Crippen molar-refractivity contribution in [2.75, 3.05) is 27.2 Å². The second-order valence-electron chi connectivity index (χ2n) is 7.45. The number of carbonyl (C=O) groups is 2. The number of benzene rings is 2. The minimum atomic E-state index is -0.125. The Hall–Kier alpha value is -3.58. The maximum atomic E-state index is 12.6. The van der Waals surface area contributed by atoms with Crippen molar-refractivity contribution in [3.63, 3.8) is 0 Å². The predicted molar refractivity (Wildman–Crippen MR) is 122 cm³/mol. The molecule has 0 aliphatic carbocycles. The van der Waals surface area contributed by atoms with E-state index in [-0.39, 0.29) is 18.4 Å². The molecule has 3 rings (SSSR count). The van der Waals surface area contributed by atoms with Crippen LogP contribution in [0.25, 0.3) is 0 Å². The van der Waals surface area contributed by atoms with Crippen LogP contribution in [-0.2, 0) is 24.3 Å². The molecule has 3 aromatic rings. The molecule has 2 aromatic carbocycles. The summed E-state index contributed by atoms with van der Waals surface area (Å²) in [4.78, 5) is 26.3. The number of hydrogen-bond donors (Lipinski definition) is 2. The summed E-state index contributed by atoms with van der Waals surface area (Å²) in [6, 6.07) is 18.9. The van der Waals surface area contributed by atoms with Crippen molar-refractivity contribution in [2.45, 2.75) is 19.5 Å². The Labute approximate surface area is 188 Å². The van der Waals surface area contributed by atoms with Crippen LogP contribution in [0.4, 0.5) is 0 Å². The first-order valence-corrected chi connectivity index (χ1v) is 10.5. The highest BCUT2D eigenvalue weighted by atomic mass is 16.5. The van der Waals surface area contributed by atoms with Crippen LogP contribution in [-0.4, -0.2) is 44.0 Å². The highest BCUT2D eigenvalue weighted by molar-refractivity contribution is 5.93. The second kappa shape index (κ2) is 11.7. The number of amides is 2. The van der Waals surface area contributed by atoms with Gasteiger partial charge >= 0.3 is 0 Å². The van der Waals surface area contributed by atoms with Gasteiger partial charge in [-0.1, -0.05) is 24.3 Å². The smallest absolute Gasteiger partial charge is 0.251 e. The maximum Gasteiger partial charge on any atom is 0.251 e. The van der Waals surface area contributed by atoms with Gasteiger partial charge in [0.05, 0.1) is 26.5 Å². The van der Waals surface area contributed by atoms with E-state index < -0.39 is 0 Å². The Balaban J connectivity index is 1.55. The van der Waals surface area contributed by atoms with Crippen molar-refractivity contribution in [1.29, 1.82) is 0 Å². The van der Waals surface area contributed by atoms with E-state index in [2.05, 4.69) is 10.6 Å². The normalized spacial score (nSPS) is 10.7. The van der Waals surface area contributed by atoms with E-state index in [0.717, 1.165) is 29.1 Å². The molecule has 0 spiro atoms. The van der Waals surface area contributed by atoms with Crippen LogP contribution in [0.3, 0.4) is 0 Å². The molecule has 0 unspecified atom stereocenters. The first-order chi connectivity index (χ1) is 15.6. The van der Waals surface area contributed by atoms with E-state index in [4.69, 9.17) is 9.15 Å². The summed E-state index contributed by atoms with van der Waals surface area (Å²) < 4.78 is 10.6. The molecule has 0 saturated heterocycles. The number of ether oxygens (including phenoxy) is 1. The Kier molecular flexibility index (Phi) is 8.45. The standard InChI is InChI=1S/C25H29N3O4/c1-26-25(30)21-9-5-20(6-10-21)16-28(17-23-4-3-15-32-23)18-24(29)27-14-13-19-7-11-22(31-2)12-8-19/h3-12,15H,13-14,16-18H2,1-2H3,(H,26,30)(H,27,29). The summed E-state index contributed by atoms with van der Waals surface area (Å²) in [5, 5.41) is 5.61. The van der Waals surface area contributed by atoms with Crippen LogP contribution in [0.5, 0.6) is 5.75 Å². The van der Waals surface area contributed by atoms with Crippen LogP contribution in [0, 0.1) is 0 Å². The van der Waals surface area contributed by atoms with Gasteiger partial charge in [-0.2, -0.15) is 0 Å². The predicted octanol–water partition coefficient (Wildman–Crippen LogP) is 3.01. The SMILES string of the molecule is CNC(=O)c1ccc(CN(CC(=O)NCCc2ccc(OC)cc2)Cc2ccco2)cc1. The third-order valence-corrected chi connectivity index (χ3v) is 5.07. The van der Waals surface area contributed by atoms with Gasteiger partial charge in [-0.15, -0.1) is 0 Å². The van der Waals surface area contributed by atoms with Gasteiger partial charge in [0.15, 0.2) is 0 Å². The van der Waals surface area contributed by atoms with Gasteiger partial charge < -0.3 is 19.8 Å². The number of carbonyl (C=O) groups excluding carboxylic acids is 2. The first-order valence-electron chi connectivity index (χ1n) is 10.5. The summed E-state index contributed by atoms with van der Waals surface area (Å²) in [7, 11) is 3.24. The second-order valence-corrected chi connectivity index (χ2v) is 7.45. The molecule has 32 heavy (non-hydrogen) atoms. The Morgan fingerprint density at radius 3 is 2.31 bits per heavy atom. The van der Waals surface area contributed by atoms with Gasteiger partial charge in [0.1, 0.15) is 11.5 Å². The van der Waals surface area contributed by atoms with Gasteiger partial charge in [0, 0.05) is 25.7 Å². The zero-order valence-corrected chi connectivity index (χ0v) is 18.5. The molecular weight excluding hydrogens is 406 g/mol. The van der Waals surface area contributed by atoms with E-state index in [0.29, 0.717) is 25.2 Å². The lowest BCUT2D eigenvalue weighted by Gasteiger charge is -2.21. The van der Waals surface area contributed by atoms with Gasteiger partial charge in [-0.3, -0.25) is 14.5 Å². The molecule has 0 aliphatic heterocycles. The number of nitrogens with one attached hydrogen (secondary N) is 2. The molecule has 7 nitrogen and oxygen atoms in total. The molecule has 0 atom stereocenters. The lowest BCUT2D eigenvalue weighted by molar-refractivity contribution is -0.122. The van der Waals surface area contributed by atoms with Crippen molar-refractivity contribution in [3.05, 3.63) is 89.4 Å². The number of hydrogen-bond acceptors (Lipinski definition) is 5. The van der Waals surface area contributed by atoms with E-state index in [9.17, 15) is 9.59 Å². The van der Waals surface area contributed by atoms with Crippen LogP contribution in [0.2, 0.25) is 0 Å². The molecule has 168 valence electrons. The summed E-state index contributed by atoms with van der Waals surface area (Å²) in [5.74, 6) is 1.43. The first kappa shape index (κ1) is 23.1. The molecule has 0 bridgehead atoms. The largest absolute Gasteiger partial charge is 0.497 e. The van der Waals surface area contributed by atoms with E-state index >= 15 is 0 Å². The van der Waals surface area contributed by atoms with Gasteiger partial charge in [-0.05, 0) is 53.9 Å². The molecule has 0 aliphatic rings. The van der Waals surface area contributed by atoms with E-state index in [1.54, 1.807) is 32.6 Å². The average molecular weight is 436 g/mol. The number of furan rings is 1. The van der Waals surface area contributed by atoms with Crippen molar-refractivity contribution < 1.29 is 18.7 Å². The maximum absolute atomic E-state index is 12.6. The number of rotatable bonds is 11. The number of nitrogens with zero attached hydrogens (tertiary/aromatic N) is 1. The van der Waals surface area contributed by atoms with Crippen LogP contribution < -0.4 is 15.4 Å². The Bertz CT molecular complexity index is 983. The van der Waals surface area contributed by atoms with Gasteiger partial charge in [0.25, 0.3) is 5.91 Å². The lowest BCUT2D eigenvalue weighted by Crippen LogP contribution is -2.37. The highest BCUT2D eigenvalue weighted by Gasteiger charge is 2.14. The van der Waals surface area contributed by atoms with Crippen molar-refractivity contribution >= 4 is 11.8 Å². The van der Waals surface area contributed by atoms with Crippen molar-refractivity contribution in [3.8, 4) is 5.75 Å². The fraction of sp³-hybridized carbons (Fsp3) is 0.280. The van der Waals surface area contributed by atoms with Crippen molar-refractivity contribution in [1.82, 2.24) is 15.5 Å². The minimum Gasteiger partial charge on any atom is -0.497 e. The van der Waals surface area contributed by atoms with Crippen LogP contribution in [0.1, 0.15) is 27.2 Å². The summed E-state index contributed by atoms with van der Waals surface area (Å²) in [5.41, 5.74) is 2.75. The zero-order chi connectivity index (χ0) is 22.8. The topological polar surface area (TPSA) is 83.8 Å². The Morgan fingerprint density at radius 2 is 1.69 bits per heavy atom. The fourth-order valence-corrected chi connectivity index (χ4v) is 3.35. The molecule has 2 amide bonds. The average Bonchev–Trinajstić information content (AvgIpc) is 3.32. The summed E-state index contributed by atoms with van der Waals surface area (Å²) in [6.45, 7) is 1.86. The van der Waals surface area contributed by atoms with Gasteiger partial charge in [-0.25, -0.2) is 0 Å². The quantitative estimate of drug-likeness (QED) is 0.484. The number of methoxy groups -OCH3 is 1. The van der Waals surface area contributed by atoms with Crippen LogP contribution in [0.15, 0.2) is 71.3 Å². The Morgan fingerprint density at radius 1 is 0.969 bits per heavy atom. The molecule has 0 fully saturated rings. The molecule has 1 heterocycles. The summed E-state index contributed by atoms with van der Waals surface area (Å²) >= 11 is 0. The third-order valence-electron chi connectivity index (χ3n) is 5.07. The molecule has 0 radical (unpaired) electrons. The van der Waals surface area contributed by atoms with Crippen molar-refractivity contribution in [2.24, 2.45) is 0 Å². The van der Waals surface area contributed by atoms with E-state index in [1.807, 2.05) is 53.4 Å². The minimum absolute atomic E-state index is 0.0490. The highest BCUT2D eigenvalue weighted by Crippen LogP contribution is 2.13. The lowest BCUT2D eigenvalue weighted by atomic mass is 10.1. The van der Waals surface area contributed by atoms with Gasteiger partial charge in [0.2, 0.25) is 5.91 Å².